The predicted octanol–water partition coefficient (Wildman–Crippen LogP) is -0.0270. The normalized spacial score (nSPS) is 10.0. The first-order valence-corrected chi connectivity index (χ1v) is 3.52. The summed E-state index contributed by atoms with van der Waals surface area (Å²) >= 11 is 0. The topological polar surface area (TPSA) is 40.5 Å². The van der Waals surface area contributed by atoms with E-state index in [2.05, 4.69) is 0 Å². The van der Waals surface area contributed by atoms with Crippen LogP contribution in [0.15, 0.2) is 6.07 Å². The van der Waals surface area contributed by atoms with Crippen LogP contribution in [0.3, 0.4) is 0 Å². The molecule has 2 nitrogen and oxygen atoms in total. The van der Waals surface area contributed by atoms with Crippen LogP contribution < -0.4 is 5.46 Å². The van der Waals surface area contributed by atoms with Crippen molar-refractivity contribution in [2.45, 2.75) is 13.8 Å². The summed E-state index contributed by atoms with van der Waals surface area (Å²) in [4.78, 5) is 0. The molecule has 1 rings (SSSR count). The lowest BCUT2D eigenvalue weighted by Gasteiger charge is -2.08. The van der Waals surface area contributed by atoms with E-state index in [1.54, 1.807) is 13.0 Å². The molecule has 0 atom stereocenters. The minimum absolute atomic E-state index is 0.00639. The van der Waals surface area contributed by atoms with Gasteiger partial charge in [0.15, 0.2) is 11.5 Å². The van der Waals surface area contributed by atoms with E-state index in [-0.39, 0.29) is 11.5 Å². The largest absolute Gasteiger partial charge is 0.504 e. The maximum atomic E-state index is 9.26. The summed E-state index contributed by atoms with van der Waals surface area (Å²) in [6, 6.07) is 1.57. The first-order valence-electron chi connectivity index (χ1n) is 3.52. The Balaban J connectivity index is 3.46. The maximum absolute atomic E-state index is 9.26. The Bertz CT molecular complexity index is 268. The standard InChI is InChI=1S/C8H11BO2/c1-4-3-6(10)8(11)5(2)7(4)9/h3,10-11H,9H2,1-2H3. The number of hydrogen-bond donors (Lipinski definition) is 2. The lowest BCUT2D eigenvalue weighted by Crippen LogP contribution is -2.11. The van der Waals surface area contributed by atoms with Gasteiger partial charge >= 0.3 is 0 Å². The van der Waals surface area contributed by atoms with Crippen molar-refractivity contribution in [2.24, 2.45) is 0 Å². The molecule has 58 valence electrons. The molecule has 0 aliphatic heterocycles. The maximum Gasteiger partial charge on any atom is 0.159 e. The Labute approximate surface area is 66.9 Å². The van der Waals surface area contributed by atoms with Gasteiger partial charge in [-0.25, -0.2) is 0 Å². The Morgan fingerprint density at radius 3 is 2.36 bits per heavy atom. The van der Waals surface area contributed by atoms with Crippen molar-refractivity contribution in [3.8, 4) is 11.5 Å². The molecule has 1 aromatic carbocycles. The molecule has 0 saturated heterocycles. The Hall–Kier alpha value is -1.12. The van der Waals surface area contributed by atoms with Gasteiger partial charge in [-0.1, -0.05) is 11.0 Å². The van der Waals surface area contributed by atoms with Crippen LogP contribution in [0.4, 0.5) is 0 Å². The van der Waals surface area contributed by atoms with E-state index in [1.807, 2.05) is 14.8 Å². The Morgan fingerprint density at radius 2 is 1.82 bits per heavy atom. The number of rotatable bonds is 0. The van der Waals surface area contributed by atoms with Gasteiger partial charge in [0.1, 0.15) is 7.85 Å². The highest BCUT2D eigenvalue weighted by Gasteiger charge is 2.06. The zero-order valence-electron chi connectivity index (χ0n) is 6.97. The first kappa shape index (κ1) is 7.99. The fourth-order valence-corrected chi connectivity index (χ4v) is 1.05. The minimum Gasteiger partial charge on any atom is -0.504 e. The van der Waals surface area contributed by atoms with E-state index in [9.17, 15) is 5.11 Å². The zero-order chi connectivity index (χ0) is 8.59. The van der Waals surface area contributed by atoms with Gasteiger partial charge in [0.2, 0.25) is 0 Å². The lowest BCUT2D eigenvalue weighted by atomic mass is 9.86. The van der Waals surface area contributed by atoms with Crippen LogP contribution in [0.25, 0.3) is 0 Å². The molecule has 0 amide bonds. The van der Waals surface area contributed by atoms with Crippen molar-refractivity contribution in [3.05, 3.63) is 17.2 Å². The number of phenolic OH excluding ortho intramolecular Hbond substituents is 2. The second-order valence-electron chi connectivity index (χ2n) is 2.81. The van der Waals surface area contributed by atoms with Crippen LogP contribution in [0.5, 0.6) is 11.5 Å². The number of hydrogen-bond acceptors (Lipinski definition) is 2. The molecule has 0 aromatic heterocycles. The minimum atomic E-state index is -0.0365. The molecule has 0 aliphatic carbocycles. The van der Waals surface area contributed by atoms with Gasteiger partial charge in [-0.3, -0.25) is 0 Å². The second kappa shape index (κ2) is 2.49. The summed E-state index contributed by atoms with van der Waals surface area (Å²) in [5.74, 6) is -0.0429. The van der Waals surface area contributed by atoms with E-state index >= 15 is 0 Å². The Kier molecular flexibility index (Phi) is 1.81. The lowest BCUT2D eigenvalue weighted by molar-refractivity contribution is 0.401. The number of aromatic hydroxyl groups is 2. The summed E-state index contributed by atoms with van der Waals surface area (Å²) in [7, 11) is 1.92. The van der Waals surface area contributed by atoms with Crippen molar-refractivity contribution in [2.75, 3.05) is 0 Å². The molecule has 2 N–H and O–H groups in total. The molecule has 3 heteroatoms. The molecular weight excluding hydrogens is 139 g/mol. The number of phenols is 2. The third kappa shape index (κ3) is 1.18. The molecule has 0 aliphatic rings. The van der Waals surface area contributed by atoms with Crippen molar-refractivity contribution < 1.29 is 10.2 Å². The van der Waals surface area contributed by atoms with Crippen LogP contribution in [-0.2, 0) is 0 Å². The highest BCUT2D eigenvalue weighted by atomic mass is 16.3. The highest BCUT2D eigenvalue weighted by Crippen LogP contribution is 2.27. The predicted molar refractivity (Wildman–Crippen MR) is 47.4 cm³/mol. The summed E-state index contributed by atoms with van der Waals surface area (Å²) < 4.78 is 0. The summed E-state index contributed by atoms with van der Waals surface area (Å²) in [5.41, 5.74) is 2.78. The smallest absolute Gasteiger partial charge is 0.159 e. The molecule has 1 aromatic rings. The van der Waals surface area contributed by atoms with Crippen LogP contribution in [0.1, 0.15) is 11.1 Å². The highest BCUT2D eigenvalue weighted by molar-refractivity contribution is 6.34. The summed E-state index contributed by atoms with van der Waals surface area (Å²) in [6.07, 6.45) is 0. The SMILES string of the molecule is Bc1c(C)cc(O)c(O)c1C. The van der Waals surface area contributed by atoms with Gasteiger partial charge in [-0.15, -0.1) is 0 Å². The molecule has 0 unspecified atom stereocenters. The quantitative estimate of drug-likeness (QED) is 0.402. The van der Waals surface area contributed by atoms with Gasteiger partial charge in [0.25, 0.3) is 0 Å². The average molecular weight is 150 g/mol. The fraction of sp³-hybridized carbons (Fsp3) is 0.250. The molecule has 0 saturated carbocycles. The third-order valence-electron chi connectivity index (χ3n) is 2.11. The van der Waals surface area contributed by atoms with Gasteiger partial charge in [-0.05, 0) is 25.5 Å². The molecule has 0 heterocycles. The summed E-state index contributed by atoms with van der Waals surface area (Å²) in [5, 5.41) is 18.4. The van der Waals surface area contributed by atoms with Crippen LogP contribution in [0.2, 0.25) is 0 Å². The first-order chi connectivity index (χ1) is 5.04. The van der Waals surface area contributed by atoms with Crippen molar-refractivity contribution in [1.29, 1.82) is 0 Å². The molecule has 0 bridgehead atoms. The molecule has 11 heavy (non-hydrogen) atoms. The van der Waals surface area contributed by atoms with Crippen LogP contribution in [0, 0.1) is 13.8 Å². The fourth-order valence-electron chi connectivity index (χ4n) is 1.05. The van der Waals surface area contributed by atoms with Gasteiger partial charge in [0, 0.05) is 0 Å². The number of benzene rings is 1. The zero-order valence-corrected chi connectivity index (χ0v) is 6.97. The van der Waals surface area contributed by atoms with Crippen molar-refractivity contribution >= 4 is 13.3 Å². The van der Waals surface area contributed by atoms with E-state index in [1.165, 1.54) is 0 Å². The summed E-state index contributed by atoms with van der Waals surface area (Å²) in [6.45, 7) is 3.69. The third-order valence-corrected chi connectivity index (χ3v) is 2.11. The second-order valence-corrected chi connectivity index (χ2v) is 2.81. The molecular formula is C8H11BO2. The van der Waals surface area contributed by atoms with Crippen LogP contribution in [-0.4, -0.2) is 18.1 Å². The van der Waals surface area contributed by atoms with Gasteiger partial charge in [0.05, 0.1) is 0 Å². The van der Waals surface area contributed by atoms with Gasteiger partial charge < -0.3 is 10.2 Å². The monoisotopic (exact) mass is 150 g/mol. The van der Waals surface area contributed by atoms with Crippen LogP contribution >= 0.6 is 0 Å². The van der Waals surface area contributed by atoms with E-state index in [4.69, 9.17) is 5.11 Å². The van der Waals surface area contributed by atoms with Crippen molar-refractivity contribution in [1.82, 2.24) is 0 Å². The van der Waals surface area contributed by atoms with Crippen molar-refractivity contribution in [3.63, 3.8) is 0 Å². The van der Waals surface area contributed by atoms with Gasteiger partial charge in [-0.2, -0.15) is 0 Å². The molecule has 0 spiro atoms. The van der Waals surface area contributed by atoms with E-state index in [0.717, 1.165) is 16.6 Å². The number of aryl methyl sites for hydroxylation is 1. The molecule has 0 fully saturated rings. The van der Waals surface area contributed by atoms with E-state index in [0.29, 0.717) is 0 Å². The Morgan fingerprint density at radius 1 is 1.27 bits per heavy atom. The van der Waals surface area contributed by atoms with E-state index < -0.39 is 0 Å². The average Bonchev–Trinajstić information content (AvgIpc) is 1.97. The molecule has 0 radical (unpaired) electrons.